The fraction of sp³-hybridized carbons (Fsp3) is 0.500. The van der Waals surface area contributed by atoms with Crippen LogP contribution in [0.3, 0.4) is 0 Å². The summed E-state index contributed by atoms with van der Waals surface area (Å²) < 4.78 is 44.7. The second-order valence-corrected chi connectivity index (χ2v) is 23.8. The van der Waals surface area contributed by atoms with Gasteiger partial charge in [-0.25, -0.2) is 9.59 Å². The number of Topliss-reactive ketones (excluding diaryl/α,β-unsaturated/α-hetero) is 2. The fourth-order valence-electron chi connectivity index (χ4n) is 11.2. The third-order valence-electron chi connectivity index (χ3n) is 15.3. The molecule has 67 heavy (non-hydrogen) atoms. The standard InChI is InChI=1S/C52H62O14Si/c1-9-67(10-2,11-3)66-39-28-40-51(31-61-40,65-33(5)53)44-46(64-47(57)36-25-19-14-20-26-36)52(59)29-38(62-41(55)27-37(54)35-23-17-13-18-24-35)32(4)42(49(52,6)7)43(45(56)50(39,44)8)63-48(58)60-30-34-21-15-12-16-22-34/h12-26,38-40,43-44,46,59H,9-11,27-31H2,1-8H3/t38-,39-,40+,43+,44?,46?,50+,51-,52+/m0/s1. The molecule has 15 heteroatoms. The van der Waals surface area contributed by atoms with E-state index in [1.807, 2.05) is 26.8 Å². The predicted molar refractivity (Wildman–Crippen MR) is 246 cm³/mol. The minimum Gasteiger partial charge on any atom is -0.457 e. The third-order valence-corrected chi connectivity index (χ3v) is 19.9. The van der Waals surface area contributed by atoms with Gasteiger partial charge in [0.05, 0.1) is 29.6 Å². The lowest BCUT2D eigenvalue weighted by Gasteiger charge is -2.68. The molecule has 1 saturated heterocycles. The van der Waals surface area contributed by atoms with Crippen LogP contribution in [0.2, 0.25) is 18.1 Å². The molecule has 9 atom stereocenters. The zero-order valence-electron chi connectivity index (χ0n) is 39.5. The molecule has 3 aromatic carbocycles. The van der Waals surface area contributed by atoms with Crippen molar-refractivity contribution in [1.82, 2.24) is 0 Å². The number of rotatable bonds is 15. The summed E-state index contributed by atoms with van der Waals surface area (Å²) in [6.45, 7) is 13.5. The molecule has 3 aromatic rings. The summed E-state index contributed by atoms with van der Waals surface area (Å²) in [4.78, 5) is 85.9. The van der Waals surface area contributed by atoms with Crippen molar-refractivity contribution in [3.63, 3.8) is 0 Å². The Hall–Kier alpha value is -5.48. The van der Waals surface area contributed by atoms with Crippen LogP contribution < -0.4 is 0 Å². The van der Waals surface area contributed by atoms with Gasteiger partial charge in [-0.05, 0) is 60.8 Å². The Kier molecular flexibility index (Phi) is 14.2. The van der Waals surface area contributed by atoms with E-state index >= 15 is 4.79 Å². The molecule has 1 heterocycles. The van der Waals surface area contributed by atoms with Crippen LogP contribution in [0.5, 0.6) is 0 Å². The number of esters is 3. The molecular weight excluding hydrogens is 877 g/mol. The first-order chi connectivity index (χ1) is 31.8. The quantitative estimate of drug-likeness (QED) is 0.0383. The van der Waals surface area contributed by atoms with Crippen LogP contribution in [-0.2, 0) is 53.8 Å². The fourth-order valence-corrected chi connectivity index (χ4v) is 14.2. The Bertz CT molecular complexity index is 2370. The number of hydrogen-bond donors (Lipinski definition) is 1. The van der Waals surface area contributed by atoms with E-state index < -0.39 is 115 Å². The van der Waals surface area contributed by atoms with Crippen molar-refractivity contribution in [2.24, 2.45) is 16.7 Å². The summed E-state index contributed by atoms with van der Waals surface area (Å²) in [7, 11) is -2.65. The molecule has 1 aliphatic heterocycles. The van der Waals surface area contributed by atoms with E-state index in [0.717, 1.165) is 0 Å². The van der Waals surface area contributed by atoms with Crippen molar-refractivity contribution in [2.45, 2.75) is 141 Å². The maximum atomic E-state index is 16.5. The second-order valence-electron chi connectivity index (χ2n) is 19.1. The van der Waals surface area contributed by atoms with Crippen molar-refractivity contribution in [1.29, 1.82) is 0 Å². The molecule has 1 N–H and O–H groups in total. The first-order valence-electron chi connectivity index (χ1n) is 23.2. The highest BCUT2D eigenvalue weighted by molar-refractivity contribution is 6.73. The van der Waals surface area contributed by atoms with Gasteiger partial charge >= 0.3 is 24.1 Å². The topological polar surface area (TPSA) is 187 Å². The van der Waals surface area contributed by atoms with Crippen LogP contribution in [-0.4, -0.2) is 97.4 Å². The Morgan fingerprint density at radius 3 is 1.94 bits per heavy atom. The largest absolute Gasteiger partial charge is 0.509 e. The van der Waals surface area contributed by atoms with Crippen molar-refractivity contribution in [3.05, 3.63) is 119 Å². The molecule has 7 rings (SSSR count). The lowest BCUT2D eigenvalue weighted by atomic mass is 9.44. The number of fused-ring (bicyclic) bond motifs is 5. The summed E-state index contributed by atoms with van der Waals surface area (Å²) in [5, 5.41) is 14.1. The SMILES string of the molecule is CC[Si](CC)(CC)O[C@H]1C[C@H]2OC[C@@]2(OC(C)=O)C2C(OC(=O)c3ccccc3)[C@]3(O)C[C@H](OC(=O)CC(=O)c4ccccc4)C(C)=C([C@@H](OC(=O)OCc4ccccc4)C(=O)[C@@]21C)C3(C)C. The van der Waals surface area contributed by atoms with E-state index in [1.54, 1.807) is 113 Å². The third kappa shape index (κ3) is 8.91. The second kappa shape index (κ2) is 19.3. The van der Waals surface area contributed by atoms with Gasteiger partial charge in [0.1, 0.15) is 36.9 Å². The lowest BCUT2D eigenvalue weighted by Crippen LogP contribution is -2.82. The van der Waals surface area contributed by atoms with Crippen LogP contribution in [0, 0.1) is 16.7 Å². The lowest BCUT2D eigenvalue weighted by molar-refractivity contribution is -0.344. The van der Waals surface area contributed by atoms with Crippen molar-refractivity contribution >= 4 is 43.9 Å². The van der Waals surface area contributed by atoms with Crippen LogP contribution >= 0.6 is 0 Å². The van der Waals surface area contributed by atoms with E-state index in [-0.39, 0.29) is 41.9 Å². The summed E-state index contributed by atoms with van der Waals surface area (Å²) in [5.41, 5.74) is -6.10. The van der Waals surface area contributed by atoms with E-state index in [9.17, 15) is 29.1 Å². The summed E-state index contributed by atoms with van der Waals surface area (Å²) in [5.74, 6) is -5.13. The molecule has 2 unspecified atom stereocenters. The first kappa shape index (κ1) is 49.4. The number of aliphatic hydroxyl groups is 1. The molecule has 2 saturated carbocycles. The Balaban J connectivity index is 1.47. The van der Waals surface area contributed by atoms with Crippen LogP contribution in [0.4, 0.5) is 4.79 Å². The van der Waals surface area contributed by atoms with Gasteiger partial charge in [-0.2, -0.15) is 0 Å². The number of carbonyl (C=O) groups excluding carboxylic acids is 6. The molecule has 0 aromatic heterocycles. The highest BCUT2D eigenvalue weighted by Gasteiger charge is 2.79. The van der Waals surface area contributed by atoms with E-state index in [1.165, 1.54) is 6.92 Å². The van der Waals surface area contributed by atoms with Gasteiger partial charge < -0.3 is 38.0 Å². The number of ether oxygens (including phenoxy) is 6. The van der Waals surface area contributed by atoms with Crippen molar-refractivity contribution < 1.29 is 66.7 Å². The Morgan fingerprint density at radius 2 is 1.39 bits per heavy atom. The maximum absolute atomic E-state index is 16.5. The zero-order valence-corrected chi connectivity index (χ0v) is 40.5. The first-order valence-corrected chi connectivity index (χ1v) is 25.7. The molecule has 3 fully saturated rings. The normalized spacial score (nSPS) is 29.7. The van der Waals surface area contributed by atoms with Gasteiger partial charge in [-0.1, -0.05) is 113 Å². The molecule has 4 aliphatic rings. The number of hydrogen-bond acceptors (Lipinski definition) is 14. The monoisotopic (exact) mass is 938 g/mol. The maximum Gasteiger partial charge on any atom is 0.509 e. The molecule has 358 valence electrons. The summed E-state index contributed by atoms with van der Waals surface area (Å²) in [6.07, 6.45) is -9.01. The molecule has 14 nitrogen and oxygen atoms in total. The molecular formula is C52H62O14Si. The van der Waals surface area contributed by atoms with E-state index in [0.29, 0.717) is 23.7 Å². The summed E-state index contributed by atoms with van der Waals surface area (Å²) in [6, 6.07) is 27.3. The highest BCUT2D eigenvalue weighted by Crippen LogP contribution is 2.65. The van der Waals surface area contributed by atoms with Gasteiger partial charge in [-0.3, -0.25) is 19.2 Å². The van der Waals surface area contributed by atoms with E-state index in [2.05, 4.69) is 0 Å². The van der Waals surface area contributed by atoms with Crippen LogP contribution in [0.25, 0.3) is 0 Å². The van der Waals surface area contributed by atoms with Gasteiger partial charge in [0.25, 0.3) is 0 Å². The van der Waals surface area contributed by atoms with Crippen molar-refractivity contribution in [3.8, 4) is 0 Å². The van der Waals surface area contributed by atoms with Crippen LogP contribution in [0.1, 0.15) is 101 Å². The zero-order chi connectivity index (χ0) is 48.5. The summed E-state index contributed by atoms with van der Waals surface area (Å²) >= 11 is 0. The average molecular weight is 939 g/mol. The predicted octanol–water partition coefficient (Wildman–Crippen LogP) is 8.30. The molecule has 0 spiro atoms. The van der Waals surface area contributed by atoms with Gasteiger partial charge in [0, 0.05) is 30.7 Å². The molecule has 2 bridgehead atoms. The number of carbonyl (C=O) groups is 6. The minimum absolute atomic E-state index is 0.0703. The smallest absolute Gasteiger partial charge is 0.457 e. The minimum atomic E-state index is -2.65. The number of benzene rings is 3. The van der Waals surface area contributed by atoms with Gasteiger partial charge in [0.2, 0.25) is 0 Å². The average Bonchev–Trinajstić information content (AvgIpc) is 3.31. The van der Waals surface area contributed by atoms with Gasteiger partial charge in [0.15, 0.2) is 31.6 Å². The molecule has 0 radical (unpaired) electrons. The number of ketones is 2. The van der Waals surface area contributed by atoms with Gasteiger partial charge in [-0.15, -0.1) is 0 Å². The Labute approximate surface area is 392 Å². The van der Waals surface area contributed by atoms with E-state index in [4.69, 9.17) is 32.8 Å². The van der Waals surface area contributed by atoms with Crippen LogP contribution in [0.15, 0.2) is 102 Å². The van der Waals surface area contributed by atoms with Crippen molar-refractivity contribution in [2.75, 3.05) is 6.61 Å². The molecule has 0 amide bonds. The molecule has 3 aliphatic carbocycles. The highest BCUT2D eigenvalue weighted by atomic mass is 28.4. The Morgan fingerprint density at radius 1 is 0.806 bits per heavy atom.